The first kappa shape index (κ1) is 20.7. The molecule has 0 amide bonds. The predicted octanol–water partition coefficient (Wildman–Crippen LogP) is 3.23. The Hall–Kier alpha value is -1.65. The van der Waals surface area contributed by atoms with Crippen molar-refractivity contribution in [3.8, 4) is 0 Å². The lowest BCUT2D eigenvalue weighted by atomic mass is 10.2. The number of nitrogens with one attached hydrogen (secondary N) is 2. The Kier molecular flexibility index (Phi) is 7.42. The summed E-state index contributed by atoms with van der Waals surface area (Å²) in [6.07, 6.45) is -3.98. The molecule has 1 unspecified atom stereocenters. The van der Waals surface area contributed by atoms with Crippen molar-refractivity contribution in [1.82, 2.24) is 20.5 Å². The number of halogens is 3. The summed E-state index contributed by atoms with van der Waals surface area (Å²) in [6.45, 7) is 1.12. The monoisotopic (exact) mass is 405 g/mol. The van der Waals surface area contributed by atoms with Crippen LogP contribution in [0.15, 0.2) is 27.9 Å². The summed E-state index contributed by atoms with van der Waals surface area (Å²) < 4.78 is 37.7. The molecular formula is C16H22F3N5S2. The molecule has 0 radical (unpaired) electrons. The van der Waals surface area contributed by atoms with E-state index in [0.29, 0.717) is 30.5 Å². The molecule has 0 saturated carbocycles. The van der Waals surface area contributed by atoms with Gasteiger partial charge >= 0.3 is 6.18 Å². The van der Waals surface area contributed by atoms with Crippen LogP contribution in [0.2, 0.25) is 0 Å². The number of aromatic nitrogens is 1. The van der Waals surface area contributed by atoms with E-state index < -0.39 is 11.9 Å². The zero-order valence-electron chi connectivity index (χ0n) is 14.8. The van der Waals surface area contributed by atoms with Gasteiger partial charge in [-0.05, 0) is 25.5 Å². The van der Waals surface area contributed by atoms with Crippen LogP contribution in [0.1, 0.15) is 21.6 Å². The predicted molar refractivity (Wildman–Crippen MR) is 101 cm³/mol. The zero-order chi connectivity index (χ0) is 19.2. The second-order valence-corrected chi connectivity index (χ2v) is 7.67. The first-order chi connectivity index (χ1) is 12.3. The number of aliphatic imine (C=N–C) groups is 1. The summed E-state index contributed by atoms with van der Waals surface area (Å²) in [5, 5.41) is 9.92. The van der Waals surface area contributed by atoms with E-state index in [1.165, 1.54) is 4.88 Å². The highest BCUT2D eigenvalue weighted by Crippen LogP contribution is 2.30. The van der Waals surface area contributed by atoms with E-state index in [4.69, 9.17) is 0 Å². The highest BCUT2D eigenvalue weighted by Gasteiger charge is 2.33. The maximum Gasteiger partial charge on any atom is 0.434 e. The zero-order valence-corrected chi connectivity index (χ0v) is 16.4. The van der Waals surface area contributed by atoms with Gasteiger partial charge in [-0.2, -0.15) is 13.2 Å². The number of rotatable bonds is 7. The number of alkyl halides is 3. The molecule has 0 aromatic carbocycles. The maximum atomic E-state index is 12.6. The first-order valence-corrected chi connectivity index (χ1v) is 9.73. The number of guanidine groups is 1. The van der Waals surface area contributed by atoms with Gasteiger partial charge < -0.3 is 15.5 Å². The summed E-state index contributed by atoms with van der Waals surface area (Å²) >= 11 is 2.72. The van der Waals surface area contributed by atoms with Gasteiger partial charge in [-0.25, -0.2) is 4.98 Å². The van der Waals surface area contributed by atoms with Gasteiger partial charge in [0.2, 0.25) is 0 Å². The molecule has 2 heterocycles. The summed E-state index contributed by atoms with van der Waals surface area (Å²) in [5.41, 5.74) is -0.829. The molecule has 2 aromatic heterocycles. The van der Waals surface area contributed by atoms with Crippen LogP contribution in [-0.4, -0.2) is 50.1 Å². The number of thiophene rings is 1. The molecule has 2 N–H and O–H groups in total. The van der Waals surface area contributed by atoms with Crippen molar-refractivity contribution in [2.75, 3.05) is 34.2 Å². The lowest BCUT2D eigenvalue weighted by Gasteiger charge is -2.24. The summed E-state index contributed by atoms with van der Waals surface area (Å²) in [4.78, 5) is 11.2. The van der Waals surface area contributed by atoms with Crippen molar-refractivity contribution in [3.05, 3.63) is 38.5 Å². The maximum absolute atomic E-state index is 12.6. The molecule has 0 spiro atoms. The molecule has 0 aliphatic rings. The number of nitrogens with zero attached hydrogens (tertiary/aromatic N) is 3. The van der Waals surface area contributed by atoms with Crippen molar-refractivity contribution in [3.63, 3.8) is 0 Å². The molecule has 10 heteroatoms. The Balaban J connectivity index is 1.81. The lowest BCUT2D eigenvalue weighted by molar-refractivity contribution is -0.140. The third-order valence-electron chi connectivity index (χ3n) is 3.65. The van der Waals surface area contributed by atoms with Gasteiger partial charge in [0.05, 0.1) is 11.0 Å². The molecule has 144 valence electrons. The number of likely N-dealkylation sites (N-methyl/N-ethyl adjacent to an activating group) is 1. The van der Waals surface area contributed by atoms with Crippen LogP contribution in [0, 0.1) is 0 Å². The van der Waals surface area contributed by atoms with Crippen LogP contribution in [0.5, 0.6) is 0 Å². The van der Waals surface area contributed by atoms with Gasteiger partial charge in [0, 0.05) is 36.8 Å². The van der Waals surface area contributed by atoms with E-state index in [1.807, 2.05) is 25.5 Å². The van der Waals surface area contributed by atoms with Gasteiger partial charge in [-0.1, -0.05) is 6.07 Å². The Morgan fingerprint density at radius 1 is 1.31 bits per heavy atom. The van der Waals surface area contributed by atoms with Crippen LogP contribution in [-0.2, 0) is 12.6 Å². The Labute approximate surface area is 159 Å². The third kappa shape index (κ3) is 5.96. The van der Waals surface area contributed by atoms with E-state index in [0.717, 1.165) is 16.7 Å². The Morgan fingerprint density at radius 2 is 2.08 bits per heavy atom. The number of thiazole rings is 1. The van der Waals surface area contributed by atoms with Gasteiger partial charge in [-0.3, -0.25) is 4.99 Å². The van der Waals surface area contributed by atoms with E-state index >= 15 is 0 Å². The van der Waals surface area contributed by atoms with Crippen molar-refractivity contribution in [2.45, 2.75) is 18.6 Å². The molecule has 5 nitrogen and oxygen atoms in total. The topological polar surface area (TPSA) is 52.6 Å². The summed E-state index contributed by atoms with van der Waals surface area (Å²) in [7, 11) is 5.70. The third-order valence-corrected chi connectivity index (χ3v) is 5.54. The molecule has 2 aromatic rings. The number of hydrogen-bond donors (Lipinski definition) is 2. The molecule has 0 aliphatic carbocycles. The normalized spacial score (nSPS) is 13.9. The fraction of sp³-hybridized carbons (Fsp3) is 0.500. The van der Waals surface area contributed by atoms with E-state index in [2.05, 4.69) is 31.6 Å². The van der Waals surface area contributed by atoms with Crippen molar-refractivity contribution < 1.29 is 13.2 Å². The standard InChI is InChI=1S/C16H22F3N5S2/c1-20-15(22-9-11(24(2)3)12-5-4-8-25-12)21-7-6-14-23-13(10-26-14)16(17,18)19/h4-5,8,10-11H,6-7,9H2,1-3H3,(H2,20,21,22). The van der Waals surface area contributed by atoms with Gasteiger partial charge in [0.25, 0.3) is 0 Å². The van der Waals surface area contributed by atoms with E-state index in [-0.39, 0.29) is 6.04 Å². The van der Waals surface area contributed by atoms with Crippen LogP contribution in [0.3, 0.4) is 0 Å². The molecular weight excluding hydrogens is 383 g/mol. The molecule has 0 fully saturated rings. The van der Waals surface area contributed by atoms with Gasteiger partial charge in [0.1, 0.15) is 0 Å². The van der Waals surface area contributed by atoms with Crippen LogP contribution < -0.4 is 10.6 Å². The summed E-state index contributed by atoms with van der Waals surface area (Å²) in [5.74, 6) is 0.612. The smallest absolute Gasteiger partial charge is 0.356 e. The van der Waals surface area contributed by atoms with Crippen molar-refractivity contribution in [1.29, 1.82) is 0 Å². The molecule has 2 rings (SSSR count). The fourth-order valence-electron chi connectivity index (χ4n) is 2.28. The second-order valence-electron chi connectivity index (χ2n) is 5.75. The summed E-state index contributed by atoms with van der Waals surface area (Å²) in [6, 6.07) is 4.32. The highest BCUT2D eigenvalue weighted by molar-refractivity contribution is 7.10. The molecule has 0 saturated heterocycles. The van der Waals surface area contributed by atoms with Crippen LogP contribution >= 0.6 is 22.7 Å². The van der Waals surface area contributed by atoms with Crippen molar-refractivity contribution in [2.24, 2.45) is 4.99 Å². The van der Waals surface area contributed by atoms with Crippen molar-refractivity contribution >= 4 is 28.6 Å². The molecule has 0 bridgehead atoms. The highest BCUT2D eigenvalue weighted by atomic mass is 32.1. The van der Waals surface area contributed by atoms with E-state index in [1.54, 1.807) is 18.4 Å². The Morgan fingerprint density at radius 3 is 2.62 bits per heavy atom. The second kappa shape index (κ2) is 9.33. The van der Waals surface area contributed by atoms with Gasteiger partial charge in [-0.15, -0.1) is 22.7 Å². The number of hydrogen-bond acceptors (Lipinski definition) is 5. The minimum atomic E-state index is -4.39. The van der Waals surface area contributed by atoms with E-state index in [9.17, 15) is 13.2 Å². The van der Waals surface area contributed by atoms with Gasteiger partial charge in [0.15, 0.2) is 11.7 Å². The first-order valence-electron chi connectivity index (χ1n) is 7.97. The average molecular weight is 406 g/mol. The minimum Gasteiger partial charge on any atom is -0.356 e. The van der Waals surface area contributed by atoms with Crippen LogP contribution in [0.4, 0.5) is 13.2 Å². The molecule has 1 atom stereocenters. The SMILES string of the molecule is CN=C(NCCc1nc(C(F)(F)F)cs1)NCC(c1cccs1)N(C)C. The fourth-order valence-corrected chi connectivity index (χ4v) is 4.00. The lowest BCUT2D eigenvalue weighted by Crippen LogP contribution is -2.42. The quantitative estimate of drug-likeness (QED) is 0.549. The largest absolute Gasteiger partial charge is 0.434 e. The Bertz CT molecular complexity index is 695. The average Bonchev–Trinajstić information content (AvgIpc) is 3.24. The molecule has 0 aliphatic heterocycles. The van der Waals surface area contributed by atoms with Crippen LogP contribution in [0.25, 0.3) is 0 Å². The minimum absolute atomic E-state index is 0.210. The molecule has 26 heavy (non-hydrogen) atoms.